The van der Waals surface area contributed by atoms with Gasteiger partial charge in [-0.2, -0.15) is 13.2 Å². The van der Waals surface area contributed by atoms with Crippen LogP contribution in [0.1, 0.15) is 58.3 Å². The van der Waals surface area contributed by atoms with Gasteiger partial charge in [0.2, 0.25) is 0 Å². The van der Waals surface area contributed by atoms with Crippen molar-refractivity contribution in [3.05, 3.63) is 0 Å². The fourth-order valence-corrected chi connectivity index (χ4v) is 4.03. The van der Waals surface area contributed by atoms with Crippen LogP contribution < -0.4 is 0 Å². The molecular formula is C17H29F6O4S-. The molecule has 0 amide bonds. The molecule has 170 valence electrons. The number of alkyl halides is 6. The van der Waals surface area contributed by atoms with E-state index >= 15 is 0 Å². The van der Waals surface area contributed by atoms with Gasteiger partial charge in [0, 0.05) is 6.61 Å². The van der Waals surface area contributed by atoms with E-state index in [0.29, 0.717) is 12.8 Å². The molecule has 0 heterocycles. The van der Waals surface area contributed by atoms with E-state index in [1.165, 1.54) is 0 Å². The highest BCUT2D eigenvalue weighted by Gasteiger charge is 2.69. The highest BCUT2D eigenvalue weighted by atomic mass is 32.2. The molecule has 28 heavy (non-hydrogen) atoms. The second-order valence-electron chi connectivity index (χ2n) is 7.03. The predicted octanol–water partition coefficient (Wildman–Crippen LogP) is 4.88. The van der Waals surface area contributed by atoms with Gasteiger partial charge in [-0.15, -0.1) is 0 Å². The molecular weight excluding hydrogens is 414 g/mol. The maximum atomic E-state index is 13.7. The molecule has 0 rings (SSSR count). The van der Waals surface area contributed by atoms with Crippen molar-refractivity contribution in [3.8, 4) is 0 Å². The molecule has 0 aliphatic heterocycles. The van der Waals surface area contributed by atoms with Gasteiger partial charge in [0.25, 0.3) is 0 Å². The summed E-state index contributed by atoms with van der Waals surface area (Å²) in [4.78, 5) is 0. The van der Waals surface area contributed by atoms with E-state index in [-0.39, 0.29) is 6.42 Å². The van der Waals surface area contributed by atoms with Crippen molar-refractivity contribution in [2.45, 2.75) is 70.1 Å². The SMILES string of the molecule is CCCCCCCCCCOC(CS(=O)(=O)[O-])(C(F)(F)F)C(CF)(CF)CF. The lowest BCUT2D eigenvalue weighted by Gasteiger charge is -2.47. The Kier molecular flexibility index (Phi) is 12.0. The van der Waals surface area contributed by atoms with E-state index in [2.05, 4.69) is 11.7 Å². The van der Waals surface area contributed by atoms with Gasteiger partial charge in [0.05, 0.1) is 21.3 Å². The molecule has 0 radical (unpaired) electrons. The molecule has 0 fully saturated rings. The molecule has 0 bridgehead atoms. The topological polar surface area (TPSA) is 66.4 Å². The minimum atomic E-state index is -5.67. The number of unbranched alkanes of at least 4 members (excludes halogenated alkanes) is 7. The Hall–Kier alpha value is -0.550. The van der Waals surface area contributed by atoms with Gasteiger partial charge in [0.15, 0.2) is 5.60 Å². The molecule has 0 aromatic rings. The first-order chi connectivity index (χ1) is 12.9. The molecule has 0 saturated heterocycles. The first-order valence-corrected chi connectivity index (χ1v) is 10.8. The standard InChI is InChI=1S/C17H30F6O4S/c1-2-3-4-5-6-7-8-9-10-27-16(17(21,22)23,14-28(24,25)26)15(11-18,12-19)13-20/h2-14H2,1H3,(H,24,25,26)/p-1. The molecule has 0 N–H and O–H groups in total. The summed E-state index contributed by atoms with van der Waals surface area (Å²) in [7, 11) is -5.63. The van der Waals surface area contributed by atoms with Gasteiger partial charge < -0.3 is 9.29 Å². The second-order valence-corrected chi connectivity index (χ2v) is 8.44. The molecule has 1 unspecified atom stereocenters. The van der Waals surface area contributed by atoms with Gasteiger partial charge >= 0.3 is 6.18 Å². The monoisotopic (exact) mass is 443 g/mol. The lowest BCUT2D eigenvalue weighted by molar-refractivity contribution is -0.317. The normalized spacial score (nSPS) is 15.6. The third-order valence-electron chi connectivity index (χ3n) is 4.81. The summed E-state index contributed by atoms with van der Waals surface area (Å²) in [5.41, 5.74) is -7.55. The molecule has 0 spiro atoms. The van der Waals surface area contributed by atoms with E-state index in [0.717, 1.165) is 32.1 Å². The largest absolute Gasteiger partial charge is 0.748 e. The first kappa shape index (κ1) is 27.5. The minimum absolute atomic E-state index is 0.0471. The Labute approximate surface area is 162 Å². The van der Waals surface area contributed by atoms with Crippen molar-refractivity contribution in [1.29, 1.82) is 0 Å². The molecule has 4 nitrogen and oxygen atoms in total. The quantitative estimate of drug-likeness (QED) is 0.194. The highest BCUT2D eigenvalue weighted by Crippen LogP contribution is 2.49. The van der Waals surface area contributed by atoms with Crippen molar-refractivity contribution >= 4 is 10.1 Å². The van der Waals surface area contributed by atoms with Gasteiger partial charge in [-0.25, -0.2) is 8.42 Å². The van der Waals surface area contributed by atoms with Crippen LogP contribution in [0.15, 0.2) is 0 Å². The maximum Gasteiger partial charge on any atom is 0.419 e. The van der Waals surface area contributed by atoms with Crippen LogP contribution >= 0.6 is 0 Å². The van der Waals surface area contributed by atoms with Gasteiger partial charge in [-0.3, -0.25) is 13.2 Å². The summed E-state index contributed by atoms with van der Waals surface area (Å²) >= 11 is 0. The van der Waals surface area contributed by atoms with E-state index < -0.39 is 59.7 Å². The summed E-state index contributed by atoms with van der Waals surface area (Å²) in [5, 5.41) is 0. The third kappa shape index (κ3) is 7.70. The van der Waals surface area contributed by atoms with Crippen LogP contribution in [0, 0.1) is 5.41 Å². The second kappa shape index (κ2) is 12.2. The lowest BCUT2D eigenvalue weighted by atomic mass is 9.74. The fraction of sp³-hybridized carbons (Fsp3) is 1.00. The number of hydrogen-bond acceptors (Lipinski definition) is 4. The summed E-state index contributed by atoms with van der Waals surface area (Å²) in [5.74, 6) is -2.29. The molecule has 0 aliphatic rings. The maximum absolute atomic E-state index is 13.7. The average molecular weight is 443 g/mol. The summed E-state index contributed by atoms with van der Waals surface area (Å²) < 4.78 is 119. The van der Waals surface area contributed by atoms with Crippen LogP contribution in [0.2, 0.25) is 0 Å². The fourth-order valence-electron chi connectivity index (χ4n) is 2.97. The van der Waals surface area contributed by atoms with Gasteiger partial charge in [-0.05, 0) is 6.42 Å². The molecule has 0 aromatic carbocycles. The molecule has 1 atom stereocenters. The van der Waals surface area contributed by atoms with Crippen molar-refractivity contribution in [2.24, 2.45) is 5.41 Å². The van der Waals surface area contributed by atoms with Crippen molar-refractivity contribution in [1.82, 2.24) is 0 Å². The van der Waals surface area contributed by atoms with Crippen LogP contribution in [-0.4, -0.2) is 57.1 Å². The number of hydrogen-bond donors (Lipinski definition) is 0. The van der Waals surface area contributed by atoms with E-state index in [1.807, 2.05) is 0 Å². The van der Waals surface area contributed by atoms with Gasteiger partial charge in [-0.1, -0.05) is 51.9 Å². The predicted molar refractivity (Wildman–Crippen MR) is 92.3 cm³/mol. The van der Waals surface area contributed by atoms with E-state index in [9.17, 15) is 39.3 Å². The van der Waals surface area contributed by atoms with Crippen LogP contribution in [-0.2, 0) is 14.9 Å². The Morgan fingerprint density at radius 3 is 1.61 bits per heavy atom. The van der Waals surface area contributed by atoms with Gasteiger partial charge in [0.1, 0.15) is 20.0 Å². The number of ether oxygens (including phenoxy) is 1. The Bertz CT molecular complexity index is 514. The van der Waals surface area contributed by atoms with E-state index in [4.69, 9.17) is 0 Å². The molecule has 0 saturated carbocycles. The Morgan fingerprint density at radius 1 is 0.821 bits per heavy atom. The Balaban J connectivity index is 5.25. The van der Waals surface area contributed by atoms with Crippen molar-refractivity contribution in [3.63, 3.8) is 0 Å². The highest BCUT2D eigenvalue weighted by molar-refractivity contribution is 7.85. The zero-order valence-corrected chi connectivity index (χ0v) is 16.8. The van der Waals surface area contributed by atoms with Crippen LogP contribution in [0.3, 0.4) is 0 Å². The summed E-state index contributed by atoms with van der Waals surface area (Å²) in [6, 6.07) is 0. The zero-order chi connectivity index (χ0) is 21.9. The van der Waals surface area contributed by atoms with Crippen molar-refractivity contribution < 1.29 is 44.0 Å². The van der Waals surface area contributed by atoms with Crippen LogP contribution in [0.4, 0.5) is 26.3 Å². The minimum Gasteiger partial charge on any atom is -0.748 e. The smallest absolute Gasteiger partial charge is 0.419 e. The average Bonchev–Trinajstić information content (AvgIpc) is 2.59. The third-order valence-corrected chi connectivity index (χ3v) is 5.57. The molecule has 0 aliphatic carbocycles. The van der Waals surface area contributed by atoms with Crippen molar-refractivity contribution in [2.75, 3.05) is 32.4 Å². The first-order valence-electron chi connectivity index (χ1n) is 9.27. The van der Waals surface area contributed by atoms with E-state index in [1.54, 1.807) is 0 Å². The Morgan fingerprint density at radius 2 is 1.25 bits per heavy atom. The summed E-state index contributed by atoms with van der Waals surface area (Å²) in [6.07, 6.45) is 0.503. The zero-order valence-electron chi connectivity index (χ0n) is 16.0. The molecule has 11 heteroatoms. The lowest BCUT2D eigenvalue weighted by Crippen LogP contribution is -2.66. The van der Waals surface area contributed by atoms with Crippen LogP contribution in [0.25, 0.3) is 0 Å². The summed E-state index contributed by atoms with van der Waals surface area (Å²) in [6.45, 7) is -5.17. The van der Waals surface area contributed by atoms with Crippen LogP contribution in [0.5, 0.6) is 0 Å². The number of rotatable bonds is 16. The number of halogens is 6. The molecule has 0 aromatic heterocycles.